The second-order valence-electron chi connectivity index (χ2n) is 15.6. The average molecular weight is 631 g/mol. The molecule has 4 rings (SSSR count). The van der Waals surface area contributed by atoms with Crippen LogP contribution >= 0.6 is 0 Å². The molecular weight excluding hydrogens is 566 g/mol. The minimum Gasteiger partial charge on any atom is -0.381 e. The number of fused-ring (bicyclic) bond motifs is 1. The molecule has 0 spiro atoms. The van der Waals surface area contributed by atoms with Gasteiger partial charge in [-0.25, -0.2) is 0 Å². The van der Waals surface area contributed by atoms with E-state index in [0.717, 1.165) is 36.5 Å². The molecule has 2 fully saturated rings. The molecule has 1 nitrogen and oxygen atoms in total. The predicted molar refractivity (Wildman–Crippen MR) is 188 cm³/mol. The van der Waals surface area contributed by atoms with Gasteiger partial charge < -0.3 is 25.3 Å². The summed E-state index contributed by atoms with van der Waals surface area (Å²) in [7, 11) is -3.05. The number of rotatable bonds is 3. The fraction of sp³-hybridized carbons (Fsp3) is 0.629. The molecule has 1 saturated heterocycles. The van der Waals surface area contributed by atoms with Crippen molar-refractivity contribution in [3.8, 4) is 0 Å². The fourth-order valence-electron chi connectivity index (χ4n) is 5.13. The van der Waals surface area contributed by atoms with E-state index in [-0.39, 0.29) is 33.3 Å². The molecule has 0 N–H and O–H groups in total. The molecule has 40 heavy (non-hydrogen) atoms. The van der Waals surface area contributed by atoms with E-state index in [1.807, 2.05) is 0 Å². The van der Waals surface area contributed by atoms with E-state index in [1.165, 1.54) is 31.2 Å². The van der Waals surface area contributed by atoms with Crippen LogP contribution in [0.1, 0.15) is 45.6 Å². The monoisotopic (exact) mass is 630 g/mol. The first-order valence-electron chi connectivity index (χ1n) is 15.0. The third-order valence-electron chi connectivity index (χ3n) is 7.82. The molecule has 1 saturated carbocycles. The van der Waals surface area contributed by atoms with E-state index >= 15 is 0 Å². The number of benzene rings is 1. The molecule has 1 aromatic carbocycles. The first kappa shape index (κ1) is 42.3. The SMILES string of the molecule is C1CCOC1.CC(C)(C)[Si](C)(C)C1CC(Cc2ccccc2)C2C=CC=CC21.[CH2-][Si](C)(C)C.[CH2-][Si](C)(C)C.[CH3-].[Sc+3]. The van der Waals surface area contributed by atoms with Gasteiger partial charge in [0.15, 0.2) is 0 Å². The molecule has 3 aliphatic rings. The first-order chi connectivity index (χ1) is 17.3. The number of hydrogen-bond acceptors (Lipinski definition) is 1. The third kappa shape index (κ3) is 17.3. The molecule has 226 valence electrons. The van der Waals surface area contributed by atoms with Crippen LogP contribution in [0.4, 0.5) is 0 Å². The Labute approximate surface area is 274 Å². The molecule has 5 heteroatoms. The van der Waals surface area contributed by atoms with Gasteiger partial charge in [-0.1, -0.05) is 128 Å². The fourth-order valence-corrected chi connectivity index (χ4v) is 8.43. The van der Waals surface area contributed by atoms with Gasteiger partial charge in [0.2, 0.25) is 0 Å². The number of ether oxygens (including phenoxy) is 1. The van der Waals surface area contributed by atoms with Crippen LogP contribution in [0.2, 0.25) is 63.0 Å². The smallest absolute Gasteiger partial charge is 0.381 e. The zero-order valence-corrected chi connectivity index (χ0v) is 33.5. The summed E-state index contributed by atoms with van der Waals surface area (Å²) in [4.78, 5) is 0. The topological polar surface area (TPSA) is 9.23 Å². The maximum Gasteiger partial charge on any atom is 3.00 e. The Bertz CT molecular complexity index is 809. The standard InChI is InChI=1S/C22H32Si.C4H8O.2C4H11Si.CH3.Sc/c1-22(2,3)23(4,5)21-16-18(15-17-11-7-6-8-12-17)19-13-9-10-14-20(19)21;1-2-4-5-3-1;2*1-5(2,3)4;;/h6-14,18-21H,15-16H2,1-5H3;1-4H2;2*1H2,2-4H3;1H3;/q;;3*-1;+3. The van der Waals surface area contributed by atoms with Gasteiger partial charge >= 0.3 is 25.8 Å². The second-order valence-corrected chi connectivity index (χ2v) is 31.6. The predicted octanol–water partition coefficient (Wildman–Crippen LogP) is 11.1. The average Bonchev–Trinajstić information content (AvgIpc) is 3.44. The molecule has 2 aliphatic carbocycles. The number of allylic oxidation sites excluding steroid dienone is 4. The Balaban J connectivity index is 0. The third-order valence-corrected chi connectivity index (χ3v) is 14.2. The molecule has 4 unspecified atom stereocenters. The molecule has 0 aromatic heterocycles. The minimum absolute atomic E-state index is 0. The molecule has 0 amide bonds. The second kappa shape index (κ2) is 18.8. The van der Waals surface area contributed by atoms with Crippen LogP contribution in [0.3, 0.4) is 0 Å². The number of hydrogen-bond donors (Lipinski definition) is 0. The largest absolute Gasteiger partial charge is 3.00 e. The summed E-state index contributed by atoms with van der Waals surface area (Å²) in [5.41, 5.74) is 2.41. The maximum atomic E-state index is 4.94. The van der Waals surface area contributed by atoms with E-state index in [9.17, 15) is 0 Å². The van der Waals surface area contributed by atoms with E-state index in [0.29, 0.717) is 5.04 Å². The van der Waals surface area contributed by atoms with Crippen molar-refractivity contribution in [1.29, 1.82) is 0 Å². The summed E-state index contributed by atoms with van der Waals surface area (Å²) in [6.07, 6.45) is 14.8. The first-order valence-corrected chi connectivity index (χ1v) is 25.5. The summed E-state index contributed by atoms with van der Waals surface area (Å²) >= 11 is 0. The van der Waals surface area contributed by atoms with Crippen LogP contribution in [-0.4, -0.2) is 37.4 Å². The van der Waals surface area contributed by atoms with E-state index in [2.05, 4.69) is 141 Å². The van der Waals surface area contributed by atoms with Crippen LogP contribution in [-0.2, 0) is 37.0 Å². The van der Waals surface area contributed by atoms with Crippen LogP contribution in [0.15, 0.2) is 54.6 Å². The van der Waals surface area contributed by atoms with Crippen molar-refractivity contribution in [1.82, 2.24) is 0 Å². The Morgan fingerprint density at radius 1 is 0.775 bits per heavy atom. The minimum atomic E-state index is -1.32. The van der Waals surface area contributed by atoms with Gasteiger partial charge in [-0.2, -0.15) is 0 Å². The molecule has 1 heterocycles. The zero-order valence-electron chi connectivity index (χ0n) is 28.6. The molecular formula is C35H65OScSi3. The van der Waals surface area contributed by atoms with Gasteiger partial charge in [0, 0.05) is 13.2 Å². The van der Waals surface area contributed by atoms with Crippen molar-refractivity contribution in [2.45, 2.75) is 109 Å². The summed E-state index contributed by atoms with van der Waals surface area (Å²) in [6, 6.07) is 11.1. The van der Waals surface area contributed by atoms with Crippen molar-refractivity contribution >= 4 is 24.2 Å². The van der Waals surface area contributed by atoms with Crippen LogP contribution in [0.25, 0.3) is 0 Å². The van der Waals surface area contributed by atoms with Gasteiger partial charge in [0.25, 0.3) is 0 Å². The van der Waals surface area contributed by atoms with Gasteiger partial charge in [-0.3, -0.25) is 0 Å². The van der Waals surface area contributed by atoms with Gasteiger partial charge in [-0.05, 0) is 59.6 Å². The molecule has 4 atom stereocenters. The summed E-state index contributed by atoms with van der Waals surface area (Å²) in [5, 5.41) is 0.471. The molecule has 1 aromatic rings. The Kier molecular flexibility index (Phi) is 19.8. The summed E-state index contributed by atoms with van der Waals surface area (Å²) in [5.74, 6) is 2.33. The Hall–Kier alpha value is 0.181. The van der Waals surface area contributed by atoms with Gasteiger partial charge in [-0.15, -0.1) is 16.1 Å². The van der Waals surface area contributed by atoms with Crippen LogP contribution in [0.5, 0.6) is 0 Å². The van der Waals surface area contributed by atoms with Crippen molar-refractivity contribution < 1.29 is 30.6 Å². The van der Waals surface area contributed by atoms with E-state index < -0.39 is 24.2 Å². The van der Waals surface area contributed by atoms with Crippen LogP contribution in [0, 0.1) is 38.3 Å². The quantitative estimate of drug-likeness (QED) is 0.238. The van der Waals surface area contributed by atoms with E-state index in [1.54, 1.807) is 0 Å². The molecule has 1 aliphatic heterocycles. The van der Waals surface area contributed by atoms with Gasteiger partial charge in [0.05, 0.1) is 8.07 Å². The summed E-state index contributed by atoms with van der Waals surface area (Å²) < 4.78 is 4.94. The maximum absolute atomic E-state index is 4.94. The normalized spacial score (nSPS) is 23.5. The zero-order chi connectivity index (χ0) is 29.2. The molecule has 0 bridgehead atoms. The van der Waals surface area contributed by atoms with Crippen molar-refractivity contribution in [2.75, 3.05) is 13.2 Å². The van der Waals surface area contributed by atoms with Gasteiger partial charge in [0.1, 0.15) is 0 Å². The van der Waals surface area contributed by atoms with Crippen molar-refractivity contribution in [3.05, 3.63) is 80.7 Å². The summed E-state index contributed by atoms with van der Waals surface area (Å²) in [6.45, 7) is 35.8. The Morgan fingerprint density at radius 2 is 1.20 bits per heavy atom. The van der Waals surface area contributed by atoms with Crippen LogP contribution < -0.4 is 0 Å². The van der Waals surface area contributed by atoms with Crippen molar-refractivity contribution in [2.24, 2.45) is 17.8 Å². The molecule has 0 radical (unpaired) electrons. The Morgan fingerprint density at radius 3 is 1.57 bits per heavy atom. The van der Waals surface area contributed by atoms with E-state index in [4.69, 9.17) is 4.74 Å². The van der Waals surface area contributed by atoms with Crippen molar-refractivity contribution in [3.63, 3.8) is 0 Å².